The van der Waals surface area contributed by atoms with Gasteiger partial charge in [0.2, 0.25) is 0 Å². The number of carbonyl (C=O) groups excluding carboxylic acids is 1. The average molecular weight is 246 g/mol. The highest BCUT2D eigenvalue weighted by Gasteiger charge is 2.12. The molecule has 0 saturated heterocycles. The molecule has 2 aromatic carbocycles. The quantitative estimate of drug-likeness (QED) is 0.650. The van der Waals surface area contributed by atoms with E-state index < -0.39 is 0 Å². The van der Waals surface area contributed by atoms with Crippen LogP contribution < -0.4 is 5.73 Å². The zero-order valence-electron chi connectivity index (χ0n) is 9.41. The van der Waals surface area contributed by atoms with E-state index in [0.717, 1.165) is 5.56 Å². The van der Waals surface area contributed by atoms with E-state index >= 15 is 0 Å². The monoisotopic (exact) mass is 245 g/mol. The molecule has 0 aliphatic carbocycles. The fraction of sp³-hybridized carbons (Fsp3) is 0.0714. The Labute approximate surface area is 105 Å². The Morgan fingerprint density at radius 2 is 1.76 bits per heavy atom. The molecular formula is C14H12ClNO. The lowest BCUT2D eigenvalue weighted by molar-refractivity contribution is 0.103. The minimum absolute atomic E-state index is 0.0807. The van der Waals surface area contributed by atoms with Gasteiger partial charge in [0, 0.05) is 21.8 Å². The molecule has 0 radical (unpaired) electrons. The molecular weight excluding hydrogens is 234 g/mol. The Kier molecular flexibility index (Phi) is 3.16. The van der Waals surface area contributed by atoms with Crippen molar-refractivity contribution in [2.24, 2.45) is 0 Å². The van der Waals surface area contributed by atoms with Crippen LogP contribution in [0.1, 0.15) is 21.5 Å². The second-order valence-electron chi connectivity index (χ2n) is 3.93. The van der Waals surface area contributed by atoms with Crippen molar-refractivity contribution in [2.45, 2.75) is 6.92 Å². The molecule has 86 valence electrons. The van der Waals surface area contributed by atoms with Gasteiger partial charge in [-0.1, -0.05) is 23.2 Å². The largest absolute Gasteiger partial charge is 0.398 e. The topological polar surface area (TPSA) is 43.1 Å². The van der Waals surface area contributed by atoms with E-state index in [1.807, 2.05) is 13.0 Å². The molecule has 2 aromatic rings. The fourth-order valence-corrected chi connectivity index (χ4v) is 1.75. The molecule has 2 nitrogen and oxygen atoms in total. The summed E-state index contributed by atoms with van der Waals surface area (Å²) in [7, 11) is 0. The van der Waals surface area contributed by atoms with Crippen LogP contribution in [0.3, 0.4) is 0 Å². The van der Waals surface area contributed by atoms with Gasteiger partial charge in [0.1, 0.15) is 0 Å². The summed E-state index contributed by atoms with van der Waals surface area (Å²) >= 11 is 5.78. The first-order chi connectivity index (χ1) is 8.08. The smallest absolute Gasteiger partial charge is 0.195 e. The van der Waals surface area contributed by atoms with Gasteiger partial charge in [-0.25, -0.2) is 0 Å². The summed E-state index contributed by atoms with van der Waals surface area (Å²) in [6.07, 6.45) is 0. The minimum Gasteiger partial charge on any atom is -0.398 e. The van der Waals surface area contributed by atoms with Crippen molar-refractivity contribution in [2.75, 3.05) is 5.73 Å². The number of carbonyl (C=O) groups is 1. The van der Waals surface area contributed by atoms with Gasteiger partial charge in [-0.2, -0.15) is 0 Å². The zero-order valence-corrected chi connectivity index (χ0v) is 10.2. The summed E-state index contributed by atoms with van der Waals surface area (Å²) in [4.78, 5) is 12.2. The third-order valence-corrected chi connectivity index (χ3v) is 2.81. The van der Waals surface area contributed by atoms with E-state index in [1.165, 1.54) is 0 Å². The highest BCUT2D eigenvalue weighted by molar-refractivity contribution is 6.30. The normalized spacial score (nSPS) is 10.2. The van der Waals surface area contributed by atoms with Crippen LogP contribution in [0.5, 0.6) is 0 Å². The molecule has 0 amide bonds. The maximum Gasteiger partial charge on any atom is 0.195 e. The Morgan fingerprint density at radius 1 is 1.12 bits per heavy atom. The van der Waals surface area contributed by atoms with E-state index in [9.17, 15) is 4.79 Å². The molecule has 0 bridgehead atoms. The van der Waals surface area contributed by atoms with E-state index in [1.54, 1.807) is 36.4 Å². The Balaban J connectivity index is 2.43. The van der Waals surface area contributed by atoms with Crippen LogP contribution in [0.25, 0.3) is 0 Å². The summed E-state index contributed by atoms with van der Waals surface area (Å²) in [6, 6.07) is 12.2. The number of anilines is 1. The molecule has 0 saturated carbocycles. The van der Waals surface area contributed by atoms with E-state index in [0.29, 0.717) is 21.8 Å². The van der Waals surface area contributed by atoms with Gasteiger partial charge < -0.3 is 5.73 Å². The maximum absolute atomic E-state index is 12.2. The van der Waals surface area contributed by atoms with E-state index in [2.05, 4.69) is 0 Å². The van der Waals surface area contributed by atoms with Crippen LogP contribution in [0.4, 0.5) is 5.69 Å². The van der Waals surface area contributed by atoms with Gasteiger partial charge in [-0.3, -0.25) is 4.79 Å². The van der Waals surface area contributed by atoms with Crippen LogP contribution in [0.2, 0.25) is 5.02 Å². The van der Waals surface area contributed by atoms with Gasteiger partial charge in [-0.05, 0) is 43.3 Å². The summed E-state index contributed by atoms with van der Waals surface area (Å²) in [6.45, 7) is 1.93. The Bertz CT molecular complexity index is 561. The summed E-state index contributed by atoms with van der Waals surface area (Å²) in [5.74, 6) is -0.0807. The first-order valence-electron chi connectivity index (χ1n) is 5.24. The van der Waals surface area contributed by atoms with Gasteiger partial charge >= 0.3 is 0 Å². The van der Waals surface area contributed by atoms with E-state index in [4.69, 9.17) is 17.3 Å². The number of nitrogen functional groups attached to an aromatic ring is 1. The predicted molar refractivity (Wildman–Crippen MR) is 70.5 cm³/mol. The number of benzene rings is 2. The van der Waals surface area contributed by atoms with E-state index in [-0.39, 0.29) is 5.78 Å². The number of hydrogen-bond donors (Lipinski definition) is 1. The van der Waals surface area contributed by atoms with Crippen molar-refractivity contribution < 1.29 is 4.79 Å². The predicted octanol–water partition coefficient (Wildman–Crippen LogP) is 3.46. The van der Waals surface area contributed by atoms with Gasteiger partial charge in [0.05, 0.1) is 0 Å². The SMILES string of the molecule is Cc1ccc(N)c(C(=O)c2ccc(Cl)cc2)c1. The molecule has 0 unspecified atom stereocenters. The molecule has 0 aromatic heterocycles. The number of hydrogen-bond acceptors (Lipinski definition) is 2. The Morgan fingerprint density at radius 3 is 2.41 bits per heavy atom. The third-order valence-electron chi connectivity index (χ3n) is 2.56. The lowest BCUT2D eigenvalue weighted by Gasteiger charge is -2.06. The average Bonchev–Trinajstić information content (AvgIpc) is 2.32. The summed E-state index contributed by atoms with van der Waals surface area (Å²) < 4.78 is 0. The number of nitrogens with two attached hydrogens (primary N) is 1. The molecule has 3 heteroatoms. The molecule has 0 fully saturated rings. The molecule has 0 heterocycles. The molecule has 2 rings (SSSR count). The second-order valence-corrected chi connectivity index (χ2v) is 4.36. The van der Waals surface area contributed by atoms with Crippen molar-refractivity contribution in [3.05, 3.63) is 64.2 Å². The number of halogens is 1. The van der Waals surface area contributed by atoms with Crippen LogP contribution >= 0.6 is 11.6 Å². The van der Waals surface area contributed by atoms with Crippen molar-refractivity contribution in [1.82, 2.24) is 0 Å². The summed E-state index contributed by atoms with van der Waals surface area (Å²) in [5.41, 5.74) is 8.44. The fourth-order valence-electron chi connectivity index (χ4n) is 1.62. The van der Waals surface area contributed by atoms with Crippen molar-refractivity contribution >= 4 is 23.1 Å². The maximum atomic E-state index is 12.2. The summed E-state index contributed by atoms with van der Waals surface area (Å²) in [5, 5.41) is 0.610. The second kappa shape index (κ2) is 4.60. The first kappa shape index (κ1) is 11.7. The molecule has 0 spiro atoms. The van der Waals surface area contributed by atoms with Crippen LogP contribution in [-0.2, 0) is 0 Å². The standard InChI is InChI=1S/C14H12ClNO/c1-9-2-7-13(16)12(8-9)14(17)10-3-5-11(15)6-4-10/h2-8H,16H2,1H3. The lowest BCUT2D eigenvalue weighted by Crippen LogP contribution is -2.05. The highest BCUT2D eigenvalue weighted by atomic mass is 35.5. The molecule has 17 heavy (non-hydrogen) atoms. The molecule has 2 N–H and O–H groups in total. The zero-order chi connectivity index (χ0) is 12.4. The minimum atomic E-state index is -0.0807. The lowest BCUT2D eigenvalue weighted by atomic mass is 10.00. The van der Waals surface area contributed by atoms with Gasteiger partial charge in [0.25, 0.3) is 0 Å². The van der Waals surface area contributed by atoms with Gasteiger partial charge in [-0.15, -0.1) is 0 Å². The van der Waals surface area contributed by atoms with Gasteiger partial charge in [0.15, 0.2) is 5.78 Å². The molecule has 0 atom stereocenters. The number of aryl methyl sites for hydroxylation is 1. The third kappa shape index (κ3) is 2.48. The number of rotatable bonds is 2. The van der Waals surface area contributed by atoms with Crippen molar-refractivity contribution in [3.63, 3.8) is 0 Å². The molecule has 0 aliphatic rings. The van der Waals surface area contributed by atoms with Crippen molar-refractivity contribution in [1.29, 1.82) is 0 Å². The first-order valence-corrected chi connectivity index (χ1v) is 5.62. The van der Waals surface area contributed by atoms with Crippen LogP contribution in [0.15, 0.2) is 42.5 Å². The highest BCUT2D eigenvalue weighted by Crippen LogP contribution is 2.19. The molecule has 0 aliphatic heterocycles. The number of ketones is 1. The van der Waals surface area contributed by atoms with Crippen molar-refractivity contribution in [3.8, 4) is 0 Å². The Hall–Kier alpha value is -1.80. The van der Waals surface area contributed by atoms with Crippen LogP contribution in [0, 0.1) is 6.92 Å². The van der Waals surface area contributed by atoms with Crippen LogP contribution in [-0.4, -0.2) is 5.78 Å².